The van der Waals surface area contributed by atoms with Crippen molar-refractivity contribution in [3.8, 4) is 11.5 Å². The average Bonchev–Trinajstić information content (AvgIpc) is 2.37. The van der Waals surface area contributed by atoms with E-state index in [0.717, 1.165) is 16.9 Å². The molecular formula is C16H20N2O2. The van der Waals surface area contributed by atoms with Crippen LogP contribution in [0, 0.1) is 0 Å². The lowest BCUT2D eigenvalue weighted by molar-refractivity contribution is 0.448. The topological polar surface area (TPSA) is 55.7 Å². The van der Waals surface area contributed by atoms with E-state index in [1.165, 1.54) is 6.07 Å². The van der Waals surface area contributed by atoms with Gasteiger partial charge in [0.2, 0.25) is 0 Å². The Bertz CT molecular complexity index is 577. The van der Waals surface area contributed by atoms with Gasteiger partial charge in [-0.15, -0.1) is 0 Å². The smallest absolute Gasteiger partial charge is 0.119 e. The zero-order chi connectivity index (χ0) is 14.7. The van der Waals surface area contributed by atoms with Gasteiger partial charge in [-0.2, -0.15) is 0 Å². The summed E-state index contributed by atoms with van der Waals surface area (Å²) in [5.41, 5.74) is 2.92. The summed E-state index contributed by atoms with van der Waals surface area (Å²) in [5.74, 6) is 0.129. The minimum atomic E-state index is -0.0332. The van der Waals surface area contributed by atoms with Gasteiger partial charge >= 0.3 is 0 Å². The van der Waals surface area contributed by atoms with Gasteiger partial charge in [0.15, 0.2) is 0 Å². The Labute approximate surface area is 119 Å². The molecule has 0 aromatic heterocycles. The van der Waals surface area contributed by atoms with Gasteiger partial charge in [-0.3, -0.25) is 0 Å². The number of rotatable bonds is 4. The van der Waals surface area contributed by atoms with Crippen LogP contribution in [-0.4, -0.2) is 24.3 Å². The molecule has 4 nitrogen and oxygen atoms in total. The van der Waals surface area contributed by atoms with Gasteiger partial charge in [0.25, 0.3) is 0 Å². The molecule has 0 saturated heterocycles. The first-order valence-electron chi connectivity index (χ1n) is 6.53. The van der Waals surface area contributed by atoms with E-state index >= 15 is 0 Å². The van der Waals surface area contributed by atoms with Crippen LogP contribution < -0.4 is 10.2 Å². The second kappa shape index (κ2) is 5.74. The van der Waals surface area contributed by atoms with E-state index in [4.69, 9.17) is 0 Å². The van der Waals surface area contributed by atoms with E-state index < -0.39 is 0 Å². The lowest BCUT2D eigenvalue weighted by atomic mass is 10.1. The maximum Gasteiger partial charge on any atom is 0.119 e. The monoisotopic (exact) mass is 272 g/mol. The second-order valence-electron chi connectivity index (χ2n) is 5.06. The molecule has 2 aromatic rings. The van der Waals surface area contributed by atoms with Gasteiger partial charge in [-0.1, -0.05) is 12.1 Å². The molecule has 0 aliphatic carbocycles. The predicted molar refractivity (Wildman–Crippen MR) is 82.6 cm³/mol. The number of benzene rings is 2. The van der Waals surface area contributed by atoms with Crippen LogP contribution in [0.4, 0.5) is 11.4 Å². The minimum Gasteiger partial charge on any atom is -0.508 e. The molecule has 2 rings (SSSR count). The summed E-state index contributed by atoms with van der Waals surface area (Å²) in [4.78, 5) is 2.04. The zero-order valence-electron chi connectivity index (χ0n) is 12.0. The molecule has 20 heavy (non-hydrogen) atoms. The maximum atomic E-state index is 9.56. The predicted octanol–water partition coefficient (Wildman–Crippen LogP) is 3.34. The maximum absolute atomic E-state index is 9.56. The summed E-state index contributed by atoms with van der Waals surface area (Å²) in [6.45, 7) is 1.99. The van der Waals surface area contributed by atoms with E-state index in [0.29, 0.717) is 0 Å². The SMILES string of the molecule is CC(Nc1ccccc1N(C)C)c1cc(O)cc(O)c1. The largest absolute Gasteiger partial charge is 0.508 e. The first-order valence-corrected chi connectivity index (χ1v) is 6.53. The molecule has 0 bridgehead atoms. The molecular weight excluding hydrogens is 252 g/mol. The summed E-state index contributed by atoms with van der Waals surface area (Å²) in [7, 11) is 3.98. The zero-order valence-corrected chi connectivity index (χ0v) is 12.0. The Morgan fingerprint density at radius 1 is 1.00 bits per heavy atom. The van der Waals surface area contributed by atoms with Crippen LogP contribution in [0.5, 0.6) is 11.5 Å². The summed E-state index contributed by atoms with van der Waals surface area (Å²) >= 11 is 0. The fourth-order valence-corrected chi connectivity index (χ4v) is 2.17. The van der Waals surface area contributed by atoms with Crippen molar-refractivity contribution in [2.24, 2.45) is 0 Å². The van der Waals surface area contributed by atoms with Crippen LogP contribution in [0.3, 0.4) is 0 Å². The molecule has 2 aromatic carbocycles. The number of nitrogens with zero attached hydrogens (tertiary/aromatic N) is 1. The normalized spacial score (nSPS) is 11.9. The third-order valence-corrected chi connectivity index (χ3v) is 3.18. The van der Waals surface area contributed by atoms with Crippen molar-refractivity contribution in [1.82, 2.24) is 0 Å². The van der Waals surface area contributed by atoms with Gasteiger partial charge < -0.3 is 20.4 Å². The van der Waals surface area contributed by atoms with Crippen molar-refractivity contribution < 1.29 is 10.2 Å². The highest BCUT2D eigenvalue weighted by atomic mass is 16.3. The van der Waals surface area contributed by atoms with Crippen LogP contribution in [0.15, 0.2) is 42.5 Å². The van der Waals surface area contributed by atoms with Crippen LogP contribution in [0.2, 0.25) is 0 Å². The Morgan fingerprint density at radius 2 is 1.60 bits per heavy atom. The van der Waals surface area contributed by atoms with E-state index in [2.05, 4.69) is 5.32 Å². The van der Waals surface area contributed by atoms with E-state index in [1.54, 1.807) is 12.1 Å². The molecule has 4 heteroatoms. The first-order chi connectivity index (χ1) is 9.47. The van der Waals surface area contributed by atoms with Crippen molar-refractivity contribution in [3.05, 3.63) is 48.0 Å². The molecule has 0 fully saturated rings. The van der Waals surface area contributed by atoms with Crippen molar-refractivity contribution >= 4 is 11.4 Å². The highest BCUT2D eigenvalue weighted by molar-refractivity contribution is 5.70. The van der Waals surface area contributed by atoms with Crippen LogP contribution in [-0.2, 0) is 0 Å². The number of anilines is 2. The van der Waals surface area contributed by atoms with Crippen molar-refractivity contribution in [1.29, 1.82) is 0 Å². The highest BCUT2D eigenvalue weighted by Gasteiger charge is 2.11. The molecule has 0 saturated carbocycles. The molecule has 1 unspecified atom stereocenters. The molecule has 0 heterocycles. The fourth-order valence-electron chi connectivity index (χ4n) is 2.17. The van der Waals surface area contributed by atoms with Gasteiger partial charge in [-0.25, -0.2) is 0 Å². The third kappa shape index (κ3) is 3.15. The third-order valence-electron chi connectivity index (χ3n) is 3.18. The standard InChI is InChI=1S/C16H20N2O2/c1-11(12-8-13(19)10-14(20)9-12)17-15-6-4-5-7-16(15)18(2)3/h4-11,17,19-20H,1-3H3. The van der Waals surface area contributed by atoms with Crippen molar-refractivity contribution in [2.75, 3.05) is 24.3 Å². The molecule has 106 valence electrons. The van der Waals surface area contributed by atoms with E-state index in [-0.39, 0.29) is 17.5 Å². The molecule has 3 N–H and O–H groups in total. The second-order valence-corrected chi connectivity index (χ2v) is 5.06. The number of aromatic hydroxyl groups is 2. The van der Waals surface area contributed by atoms with Gasteiger partial charge in [-0.05, 0) is 36.8 Å². The van der Waals surface area contributed by atoms with E-state index in [1.807, 2.05) is 50.2 Å². The fraction of sp³-hybridized carbons (Fsp3) is 0.250. The first kappa shape index (κ1) is 14.1. The van der Waals surface area contributed by atoms with Gasteiger partial charge in [0, 0.05) is 26.2 Å². The van der Waals surface area contributed by atoms with Gasteiger partial charge in [0.05, 0.1) is 11.4 Å². The quantitative estimate of drug-likeness (QED) is 0.799. The summed E-state index contributed by atoms with van der Waals surface area (Å²) in [6.07, 6.45) is 0. The number of hydrogen-bond acceptors (Lipinski definition) is 4. The lowest BCUT2D eigenvalue weighted by Gasteiger charge is -2.22. The lowest BCUT2D eigenvalue weighted by Crippen LogP contribution is -2.14. The molecule has 0 aliphatic rings. The van der Waals surface area contributed by atoms with Gasteiger partial charge in [0.1, 0.15) is 11.5 Å². The van der Waals surface area contributed by atoms with Crippen molar-refractivity contribution in [2.45, 2.75) is 13.0 Å². The Kier molecular flexibility index (Phi) is 4.03. The van der Waals surface area contributed by atoms with Crippen LogP contribution in [0.1, 0.15) is 18.5 Å². The molecule has 1 atom stereocenters. The van der Waals surface area contributed by atoms with E-state index in [9.17, 15) is 10.2 Å². The Hall–Kier alpha value is -2.36. The molecule has 0 amide bonds. The number of phenols is 2. The summed E-state index contributed by atoms with van der Waals surface area (Å²) in [6, 6.07) is 12.6. The van der Waals surface area contributed by atoms with Crippen LogP contribution in [0.25, 0.3) is 0 Å². The molecule has 0 radical (unpaired) electrons. The number of hydrogen-bond donors (Lipinski definition) is 3. The highest BCUT2D eigenvalue weighted by Crippen LogP contribution is 2.30. The molecule has 0 aliphatic heterocycles. The summed E-state index contributed by atoms with van der Waals surface area (Å²) in [5, 5.41) is 22.5. The number of para-hydroxylation sites is 2. The molecule has 0 spiro atoms. The number of phenolic OH excluding ortho intramolecular Hbond substituents is 2. The summed E-state index contributed by atoms with van der Waals surface area (Å²) < 4.78 is 0. The van der Waals surface area contributed by atoms with Crippen molar-refractivity contribution in [3.63, 3.8) is 0 Å². The Balaban J connectivity index is 2.25. The minimum absolute atomic E-state index is 0.0332. The number of nitrogens with one attached hydrogen (secondary N) is 1. The average molecular weight is 272 g/mol. The Morgan fingerprint density at radius 3 is 2.20 bits per heavy atom. The van der Waals surface area contributed by atoms with Crippen LogP contribution >= 0.6 is 0 Å².